The van der Waals surface area contributed by atoms with Crippen LogP contribution in [0.15, 0.2) is 53.5 Å². The average molecular weight is 325 g/mol. The fourth-order valence-corrected chi connectivity index (χ4v) is 2.82. The number of aryl methyl sites for hydroxylation is 1. The zero-order chi connectivity index (χ0) is 17.1. The molecule has 0 radical (unpaired) electrons. The first-order valence-corrected chi connectivity index (χ1v) is 7.82. The van der Waals surface area contributed by atoms with Crippen LogP contribution in [0, 0.1) is 0 Å². The van der Waals surface area contributed by atoms with Gasteiger partial charge in [0.15, 0.2) is 0 Å². The van der Waals surface area contributed by atoms with Crippen LogP contribution in [0.2, 0.25) is 0 Å². The molecule has 0 spiro atoms. The smallest absolute Gasteiger partial charge is 0.253 e. The molecule has 24 heavy (non-hydrogen) atoms. The van der Waals surface area contributed by atoms with Crippen molar-refractivity contribution >= 4 is 11.8 Å². The van der Waals surface area contributed by atoms with Crippen LogP contribution in [0.4, 0.5) is 0 Å². The lowest BCUT2D eigenvalue weighted by Crippen LogP contribution is -2.37. The van der Waals surface area contributed by atoms with Crippen LogP contribution in [-0.4, -0.2) is 33.9 Å². The largest absolute Gasteiger partial charge is 0.347 e. The molecule has 124 valence electrons. The summed E-state index contributed by atoms with van der Waals surface area (Å²) in [5.41, 5.74) is 1.30. The monoisotopic (exact) mass is 325 g/mol. The Morgan fingerprint density at radius 1 is 1.17 bits per heavy atom. The highest BCUT2D eigenvalue weighted by Crippen LogP contribution is 2.15. The number of hydrogen-bond acceptors (Lipinski definition) is 3. The van der Waals surface area contributed by atoms with Crippen molar-refractivity contribution in [2.75, 3.05) is 6.54 Å². The van der Waals surface area contributed by atoms with Crippen LogP contribution < -0.4 is 10.9 Å². The van der Waals surface area contributed by atoms with E-state index in [1.165, 1.54) is 22.9 Å². The van der Waals surface area contributed by atoms with Gasteiger partial charge < -0.3 is 14.8 Å². The molecule has 1 aliphatic heterocycles. The van der Waals surface area contributed by atoms with Gasteiger partial charge in [0.1, 0.15) is 0 Å². The lowest BCUT2D eigenvalue weighted by molar-refractivity contribution is -0.128. The van der Waals surface area contributed by atoms with Gasteiger partial charge in [0.25, 0.3) is 5.91 Å². The first-order valence-electron chi connectivity index (χ1n) is 7.82. The first kappa shape index (κ1) is 16.0. The van der Waals surface area contributed by atoms with Crippen molar-refractivity contribution in [3.63, 3.8) is 0 Å². The van der Waals surface area contributed by atoms with Crippen LogP contribution in [0.1, 0.15) is 22.3 Å². The van der Waals surface area contributed by atoms with Crippen molar-refractivity contribution in [1.29, 1.82) is 0 Å². The Kier molecular flexibility index (Phi) is 4.46. The molecule has 1 aromatic carbocycles. The topological polar surface area (TPSA) is 71.4 Å². The molecule has 2 amide bonds. The van der Waals surface area contributed by atoms with E-state index >= 15 is 0 Å². The van der Waals surface area contributed by atoms with Gasteiger partial charge in [-0.15, -0.1) is 0 Å². The fraction of sp³-hybridized carbons (Fsp3) is 0.278. The first-order chi connectivity index (χ1) is 11.5. The molecule has 3 rings (SSSR count). The summed E-state index contributed by atoms with van der Waals surface area (Å²) in [7, 11) is 1.60. The van der Waals surface area contributed by atoms with E-state index in [2.05, 4.69) is 5.32 Å². The molecule has 6 nitrogen and oxygen atoms in total. The highest BCUT2D eigenvalue weighted by Gasteiger charge is 2.30. The van der Waals surface area contributed by atoms with E-state index in [-0.39, 0.29) is 23.4 Å². The van der Waals surface area contributed by atoms with Crippen LogP contribution in [0.25, 0.3) is 0 Å². The number of benzene rings is 1. The third-order valence-corrected chi connectivity index (χ3v) is 4.11. The molecule has 1 saturated heterocycles. The van der Waals surface area contributed by atoms with Gasteiger partial charge in [-0.3, -0.25) is 14.4 Å². The zero-order valence-corrected chi connectivity index (χ0v) is 13.4. The third-order valence-electron chi connectivity index (χ3n) is 4.11. The summed E-state index contributed by atoms with van der Waals surface area (Å²) in [6.45, 7) is 1.04. The summed E-state index contributed by atoms with van der Waals surface area (Å²) in [6.07, 6.45) is 1.79. The molecule has 0 unspecified atom stereocenters. The van der Waals surface area contributed by atoms with Gasteiger partial charge in [0.05, 0.1) is 11.6 Å². The molecule has 6 heteroatoms. The average Bonchev–Trinajstić information content (AvgIpc) is 2.90. The van der Waals surface area contributed by atoms with Crippen LogP contribution in [0.5, 0.6) is 0 Å². The van der Waals surface area contributed by atoms with Gasteiger partial charge in [0.2, 0.25) is 11.5 Å². The molecule has 1 aliphatic rings. The number of hydrogen-bond donors (Lipinski definition) is 1. The van der Waals surface area contributed by atoms with Crippen molar-refractivity contribution in [2.24, 2.45) is 7.05 Å². The molecule has 0 bridgehead atoms. The molecule has 1 fully saturated rings. The molecule has 2 heterocycles. The minimum Gasteiger partial charge on any atom is -0.347 e. The van der Waals surface area contributed by atoms with E-state index in [1.54, 1.807) is 11.9 Å². The summed E-state index contributed by atoms with van der Waals surface area (Å²) >= 11 is 0. The van der Waals surface area contributed by atoms with E-state index < -0.39 is 0 Å². The summed E-state index contributed by atoms with van der Waals surface area (Å²) < 4.78 is 1.36. The Morgan fingerprint density at radius 2 is 1.92 bits per heavy atom. The van der Waals surface area contributed by atoms with Crippen LogP contribution in [0.3, 0.4) is 0 Å². The van der Waals surface area contributed by atoms with Gasteiger partial charge in [-0.25, -0.2) is 0 Å². The summed E-state index contributed by atoms with van der Waals surface area (Å²) in [5, 5.41) is 2.87. The predicted molar refractivity (Wildman–Crippen MR) is 89.4 cm³/mol. The number of aromatic nitrogens is 1. The Bertz CT molecular complexity index is 814. The second-order valence-electron chi connectivity index (χ2n) is 6.00. The Hall–Kier alpha value is -2.89. The van der Waals surface area contributed by atoms with E-state index in [0.29, 0.717) is 25.1 Å². The van der Waals surface area contributed by atoms with Gasteiger partial charge in [-0.2, -0.15) is 0 Å². The van der Waals surface area contributed by atoms with Gasteiger partial charge in [0, 0.05) is 38.8 Å². The molecular weight excluding hydrogens is 306 g/mol. The fourth-order valence-electron chi connectivity index (χ4n) is 2.82. The maximum absolute atomic E-state index is 12.3. The molecule has 0 saturated carbocycles. The van der Waals surface area contributed by atoms with Crippen LogP contribution >= 0.6 is 0 Å². The second-order valence-corrected chi connectivity index (χ2v) is 6.00. The maximum Gasteiger partial charge on any atom is 0.253 e. The quantitative estimate of drug-likeness (QED) is 0.908. The zero-order valence-electron chi connectivity index (χ0n) is 13.4. The molecular formula is C18H19N3O3. The van der Waals surface area contributed by atoms with E-state index in [0.717, 1.165) is 5.56 Å². The Balaban J connectivity index is 1.62. The number of carbonyl (C=O) groups is 2. The van der Waals surface area contributed by atoms with E-state index in [4.69, 9.17) is 0 Å². The van der Waals surface area contributed by atoms with Crippen molar-refractivity contribution in [3.8, 4) is 0 Å². The van der Waals surface area contributed by atoms with Crippen molar-refractivity contribution in [2.45, 2.75) is 19.0 Å². The Morgan fingerprint density at radius 3 is 2.62 bits per heavy atom. The van der Waals surface area contributed by atoms with E-state index in [1.807, 2.05) is 30.3 Å². The molecule has 1 N–H and O–H groups in total. The van der Waals surface area contributed by atoms with Gasteiger partial charge in [-0.05, 0) is 11.6 Å². The number of nitrogens with zero attached hydrogens (tertiary/aromatic N) is 2. The SMILES string of the molecule is Cn1cc(C(=O)N[C@@H]2CC(=O)N(Cc3ccccc3)C2)ccc1=O. The lowest BCUT2D eigenvalue weighted by Gasteiger charge is -2.17. The number of rotatable bonds is 4. The number of pyridine rings is 1. The highest BCUT2D eigenvalue weighted by atomic mass is 16.2. The number of carbonyl (C=O) groups excluding carboxylic acids is 2. The third kappa shape index (κ3) is 3.53. The Labute approximate surface area is 139 Å². The van der Waals surface area contributed by atoms with Crippen LogP contribution in [-0.2, 0) is 18.4 Å². The summed E-state index contributed by atoms with van der Waals surface area (Å²) in [5.74, 6) is -0.241. The van der Waals surface area contributed by atoms with Crippen molar-refractivity contribution < 1.29 is 9.59 Å². The lowest BCUT2D eigenvalue weighted by atomic mass is 10.2. The molecule has 2 aromatic rings. The maximum atomic E-state index is 12.3. The summed E-state index contributed by atoms with van der Waals surface area (Å²) in [6, 6.07) is 12.4. The summed E-state index contributed by atoms with van der Waals surface area (Å²) in [4.78, 5) is 37.5. The van der Waals surface area contributed by atoms with Gasteiger partial charge >= 0.3 is 0 Å². The minimum absolute atomic E-state index is 0.0321. The minimum atomic E-state index is -0.273. The van der Waals surface area contributed by atoms with Gasteiger partial charge in [-0.1, -0.05) is 30.3 Å². The number of nitrogens with one attached hydrogen (secondary N) is 1. The highest BCUT2D eigenvalue weighted by molar-refractivity contribution is 5.94. The van der Waals surface area contributed by atoms with Crippen molar-refractivity contribution in [1.82, 2.24) is 14.8 Å². The molecule has 1 atom stereocenters. The second kappa shape index (κ2) is 6.70. The number of likely N-dealkylation sites (tertiary alicyclic amines) is 1. The number of amides is 2. The molecule has 0 aliphatic carbocycles. The predicted octanol–water partition coefficient (Wildman–Crippen LogP) is 0.916. The van der Waals surface area contributed by atoms with E-state index in [9.17, 15) is 14.4 Å². The standard InChI is InChI=1S/C18H19N3O3/c1-20-11-14(7-8-16(20)22)18(24)19-15-9-17(23)21(12-15)10-13-5-3-2-4-6-13/h2-8,11,15H,9-10,12H2,1H3,(H,19,24)/t15-/m1/s1. The normalized spacial score (nSPS) is 17.1. The molecule has 1 aromatic heterocycles. The van der Waals surface area contributed by atoms with Crippen molar-refractivity contribution in [3.05, 3.63) is 70.1 Å².